The first-order valence-electron chi connectivity index (χ1n) is 4.68. The molecule has 2 rings (SSSR count). The SMILES string of the molecule is Clc1nc(Cl)nc(NCCc2ccc(Br)s2)n1. The number of hydrogen-bond acceptors (Lipinski definition) is 5. The van der Waals surface area contributed by atoms with E-state index in [4.69, 9.17) is 23.2 Å². The third-order valence-corrected chi connectivity index (χ3v) is 3.89. The molecule has 0 aliphatic carbocycles. The topological polar surface area (TPSA) is 50.7 Å². The van der Waals surface area contributed by atoms with E-state index in [-0.39, 0.29) is 10.6 Å². The molecule has 0 unspecified atom stereocenters. The fourth-order valence-corrected chi connectivity index (χ4v) is 3.03. The molecular formula is C9H7BrCl2N4S. The summed E-state index contributed by atoms with van der Waals surface area (Å²) in [6.45, 7) is 0.712. The predicted octanol–water partition coefficient (Wildman–Crippen LogP) is 3.66. The zero-order chi connectivity index (χ0) is 12.3. The molecule has 0 fully saturated rings. The van der Waals surface area contributed by atoms with E-state index in [0.29, 0.717) is 12.5 Å². The average Bonchev–Trinajstić information content (AvgIpc) is 2.63. The highest BCUT2D eigenvalue weighted by Crippen LogP contribution is 2.22. The molecule has 0 radical (unpaired) electrons. The lowest BCUT2D eigenvalue weighted by Crippen LogP contribution is -2.08. The molecule has 2 heterocycles. The van der Waals surface area contributed by atoms with Crippen molar-refractivity contribution in [3.05, 3.63) is 31.4 Å². The summed E-state index contributed by atoms with van der Waals surface area (Å²) in [6.07, 6.45) is 0.886. The number of thiophene rings is 1. The molecule has 0 aliphatic heterocycles. The molecule has 0 saturated heterocycles. The van der Waals surface area contributed by atoms with Gasteiger partial charge in [-0.25, -0.2) is 0 Å². The van der Waals surface area contributed by atoms with E-state index in [9.17, 15) is 0 Å². The van der Waals surface area contributed by atoms with Crippen LogP contribution in [0.25, 0.3) is 0 Å². The Hall–Kier alpha value is -0.430. The molecule has 0 saturated carbocycles. The maximum atomic E-state index is 5.66. The van der Waals surface area contributed by atoms with Crippen molar-refractivity contribution < 1.29 is 0 Å². The van der Waals surface area contributed by atoms with Gasteiger partial charge < -0.3 is 5.32 Å². The summed E-state index contributed by atoms with van der Waals surface area (Å²) in [5.74, 6) is 0.394. The van der Waals surface area contributed by atoms with Crippen LogP contribution in [0.15, 0.2) is 15.9 Å². The van der Waals surface area contributed by atoms with Gasteiger partial charge in [0.25, 0.3) is 0 Å². The Kier molecular flexibility index (Phi) is 4.55. The Bertz CT molecular complexity index is 499. The highest BCUT2D eigenvalue weighted by molar-refractivity contribution is 9.11. The summed E-state index contributed by atoms with van der Waals surface area (Å²) >= 11 is 16.4. The van der Waals surface area contributed by atoms with Crippen LogP contribution >= 0.6 is 50.5 Å². The minimum absolute atomic E-state index is 0.0892. The van der Waals surface area contributed by atoms with Crippen molar-refractivity contribution in [2.75, 3.05) is 11.9 Å². The molecular weight excluding hydrogens is 347 g/mol. The Labute approximate surface area is 121 Å². The lowest BCUT2D eigenvalue weighted by atomic mass is 10.3. The molecule has 2 aromatic rings. The van der Waals surface area contributed by atoms with Crippen LogP contribution in [-0.4, -0.2) is 21.5 Å². The fourth-order valence-electron chi connectivity index (χ4n) is 1.19. The lowest BCUT2D eigenvalue weighted by Gasteiger charge is -2.03. The standard InChI is InChI=1S/C9H7BrCl2N4S/c10-6-2-1-5(17-6)3-4-13-9-15-7(11)14-8(12)16-9/h1-2H,3-4H2,(H,13,14,15,16). The molecule has 0 amide bonds. The van der Waals surface area contributed by atoms with Crippen molar-refractivity contribution in [3.8, 4) is 0 Å². The first-order valence-corrected chi connectivity index (χ1v) is 7.05. The Balaban J connectivity index is 1.89. The molecule has 2 aromatic heterocycles. The number of halogens is 3. The number of nitrogens with zero attached hydrogens (tertiary/aromatic N) is 3. The van der Waals surface area contributed by atoms with E-state index in [1.165, 1.54) is 4.88 Å². The van der Waals surface area contributed by atoms with E-state index >= 15 is 0 Å². The predicted molar refractivity (Wildman–Crippen MR) is 74.1 cm³/mol. The second-order valence-corrected chi connectivity index (χ2v) is 6.30. The fraction of sp³-hybridized carbons (Fsp3) is 0.222. The normalized spacial score (nSPS) is 10.5. The van der Waals surface area contributed by atoms with Gasteiger partial charge in [0, 0.05) is 11.4 Å². The van der Waals surface area contributed by atoms with Gasteiger partial charge in [0.15, 0.2) is 0 Å². The summed E-state index contributed by atoms with van der Waals surface area (Å²) in [7, 11) is 0. The van der Waals surface area contributed by atoms with Gasteiger partial charge in [-0.3, -0.25) is 0 Å². The van der Waals surface area contributed by atoms with Gasteiger partial charge in [0.2, 0.25) is 16.5 Å². The molecule has 8 heteroatoms. The first-order chi connectivity index (χ1) is 8.13. The molecule has 0 aliphatic rings. The van der Waals surface area contributed by atoms with Gasteiger partial charge in [0.05, 0.1) is 3.79 Å². The van der Waals surface area contributed by atoms with Crippen molar-refractivity contribution in [2.45, 2.75) is 6.42 Å². The maximum Gasteiger partial charge on any atom is 0.228 e. The van der Waals surface area contributed by atoms with E-state index in [1.54, 1.807) is 11.3 Å². The maximum absolute atomic E-state index is 5.66. The van der Waals surface area contributed by atoms with Gasteiger partial charge in [0.1, 0.15) is 0 Å². The van der Waals surface area contributed by atoms with Gasteiger partial charge >= 0.3 is 0 Å². The lowest BCUT2D eigenvalue weighted by molar-refractivity contribution is 0.973. The second-order valence-electron chi connectivity index (χ2n) is 3.08. The van der Waals surface area contributed by atoms with Crippen LogP contribution in [0.2, 0.25) is 10.6 Å². The molecule has 17 heavy (non-hydrogen) atoms. The highest BCUT2D eigenvalue weighted by atomic mass is 79.9. The number of aromatic nitrogens is 3. The van der Waals surface area contributed by atoms with E-state index in [0.717, 1.165) is 10.2 Å². The second kappa shape index (κ2) is 5.95. The van der Waals surface area contributed by atoms with Crippen LogP contribution in [0.4, 0.5) is 5.95 Å². The van der Waals surface area contributed by atoms with Crippen LogP contribution < -0.4 is 5.32 Å². The Morgan fingerprint density at radius 2 is 1.88 bits per heavy atom. The van der Waals surface area contributed by atoms with E-state index < -0.39 is 0 Å². The highest BCUT2D eigenvalue weighted by Gasteiger charge is 2.03. The van der Waals surface area contributed by atoms with Crippen molar-refractivity contribution in [1.29, 1.82) is 0 Å². The molecule has 90 valence electrons. The summed E-state index contributed by atoms with van der Waals surface area (Å²) in [6, 6.07) is 4.10. The van der Waals surface area contributed by atoms with Crippen LogP contribution in [0.3, 0.4) is 0 Å². The largest absolute Gasteiger partial charge is 0.354 e. The number of anilines is 1. The number of rotatable bonds is 4. The van der Waals surface area contributed by atoms with Gasteiger partial charge in [-0.15, -0.1) is 11.3 Å². The van der Waals surface area contributed by atoms with Gasteiger partial charge in [-0.05, 0) is 57.7 Å². The quantitative estimate of drug-likeness (QED) is 0.911. The van der Waals surface area contributed by atoms with Crippen LogP contribution in [-0.2, 0) is 6.42 Å². The molecule has 0 atom stereocenters. The molecule has 4 nitrogen and oxygen atoms in total. The van der Waals surface area contributed by atoms with Gasteiger partial charge in [-0.1, -0.05) is 0 Å². The summed E-state index contributed by atoms with van der Waals surface area (Å²) < 4.78 is 1.12. The molecule has 0 bridgehead atoms. The third-order valence-electron chi connectivity index (χ3n) is 1.86. The summed E-state index contributed by atoms with van der Waals surface area (Å²) in [5, 5.41) is 3.22. The van der Waals surface area contributed by atoms with E-state index in [1.807, 2.05) is 6.07 Å². The monoisotopic (exact) mass is 352 g/mol. The molecule has 0 spiro atoms. The zero-order valence-corrected chi connectivity index (χ0v) is 12.4. The van der Waals surface area contributed by atoms with Crippen molar-refractivity contribution in [1.82, 2.24) is 15.0 Å². The zero-order valence-electron chi connectivity index (χ0n) is 8.45. The van der Waals surface area contributed by atoms with Crippen molar-refractivity contribution in [3.63, 3.8) is 0 Å². The number of nitrogens with one attached hydrogen (secondary N) is 1. The van der Waals surface area contributed by atoms with Crippen molar-refractivity contribution >= 4 is 56.4 Å². The van der Waals surface area contributed by atoms with Crippen molar-refractivity contribution in [2.24, 2.45) is 0 Å². The molecule has 1 N–H and O–H groups in total. The first kappa shape index (κ1) is 13.0. The summed E-state index contributed by atoms with van der Waals surface area (Å²) in [5.41, 5.74) is 0. The Morgan fingerprint density at radius 3 is 2.47 bits per heavy atom. The van der Waals surface area contributed by atoms with Crippen LogP contribution in [0, 0.1) is 0 Å². The number of hydrogen-bond donors (Lipinski definition) is 1. The smallest absolute Gasteiger partial charge is 0.228 e. The summed E-state index contributed by atoms with van der Waals surface area (Å²) in [4.78, 5) is 12.8. The third kappa shape index (κ3) is 4.06. The van der Waals surface area contributed by atoms with Gasteiger partial charge in [-0.2, -0.15) is 15.0 Å². The average molecular weight is 354 g/mol. The minimum Gasteiger partial charge on any atom is -0.354 e. The Morgan fingerprint density at radius 1 is 1.18 bits per heavy atom. The van der Waals surface area contributed by atoms with Crippen LogP contribution in [0.5, 0.6) is 0 Å². The van der Waals surface area contributed by atoms with Crippen LogP contribution in [0.1, 0.15) is 4.88 Å². The minimum atomic E-state index is 0.0892. The molecule has 0 aromatic carbocycles. The van der Waals surface area contributed by atoms with E-state index in [2.05, 4.69) is 42.3 Å².